The van der Waals surface area contributed by atoms with Crippen molar-refractivity contribution in [2.24, 2.45) is 34.5 Å². The number of allylic oxidation sites excluding steroid dienone is 4. The number of carbonyl (C=O) groups excluding carboxylic acids is 3. The highest BCUT2D eigenvalue weighted by Crippen LogP contribution is 2.72. The third-order valence-corrected chi connectivity index (χ3v) is 11.2. The summed E-state index contributed by atoms with van der Waals surface area (Å²) >= 11 is 13.7. The molecule has 1 aromatic rings. The lowest BCUT2D eigenvalue weighted by Crippen LogP contribution is -2.70. The van der Waals surface area contributed by atoms with Crippen LogP contribution >= 0.6 is 23.2 Å². The Bertz CT molecular complexity index is 1170. The zero-order valence-electron chi connectivity index (χ0n) is 20.9. The molecule has 3 fully saturated rings. The van der Waals surface area contributed by atoms with Crippen LogP contribution in [0, 0.1) is 34.5 Å². The molecule has 0 aromatic carbocycles. The number of alkyl halides is 2. The summed E-state index contributed by atoms with van der Waals surface area (Å²) in [4.78, 5) is 37.9. The molecule has 1 aromatic heterocycles. The Labute approximate surface area is 221 Å². The molecule has 0 saturated heterocycles. The summed E-state index contributed by atoms with van der Waals surface area (Å²) in [6.07, 6.45) is 6.77. The number of hydrogen-bond donors (Lipinski definition) is 1. The van der Waals surface area contributed by atoms with Gasteiger partial charge in [0.15, 0.2) is 17.2 Å². The van der Waals surface area contributed by atoms with Crippen molar-refractivity contribution in [3.63, 3.8) is 0 Å². The van der Waals surface area contributed by atoms with Crippen molar-refractivity contribution >= 4 is 40.7 Å². The van der Waals surface area contributed by atoms with Crippen LogP contribution in [0.4, 0.5) is 0 Å². The molecule has 4 aliphatic carbocycles. The highest BCUT2D eigenvalue weighted by Gasteiger charge is 2.76. The number of halogens is 2. The van der Waals surface area contributed by atoms with E-state index in [-0.39, 0.29) is 53.3 Å². The molecular weight excluding hydrogens is 503 g/mol. The molecule has 194 valence electrons. The Kier molecular flexibility index (Phi) is 5.94. The molecule has 6 nitrogen and oxygen atoms in total. The SMILES string of the molecule is C[C@@H]1C[C@H]2C3C[C@H](C)C4=CC(=O)C=C[C@]4(C)[C@@]3(Cl)[C@@H](O)C[C@]2(C)[C@@]1(OC(=O)c1ccco1)C(=O)CCl. The maximum absolute atomic E-state index is 13.6. The Morgan fingerprint density at radius 1 is 1.22 bits per heavy atom. The van der Waals surface area contributed by atoms with Gasteiger partial charge in [-0.1, -0.05) is 39.3 Å². The minimum Gasteiger partial charge on any atom is -0.457 e. The number of esters is 1. The van der Waals surface area contributed by atoms with Crippen LogP contribution in [-0.4, -0.2) is 45.1 Å². The van der Waals surface area contributed by atoms with Gasteiger partial charge in [-0.15, -0.1) is 23.2 Å². The number of furan rings is 1. The number of rotatable bonds is 4. The van der Waals surface area contributed by atoms with Crippen molar-refractivity contribution in [1.82, 2.24) is 0 Å². The van der Waals surface area contributed by atoms with Gasteiger partial charge in [0.05, 0.1) is 23.1 Å². The lowest BCUT2D eigenvalue weighted by Gasteiger charge is -2.65. The lowest BCUT2D eigenvalue weighted by atomic mass is 9.44. The zero-order valence-corrected chi connectivity index (χ0v) is 22.4. The molecule has 0 radical (unpaired) electrons. The third-order valence-electron chi connectivity index (χ3n) is 10.0. The Hall–Kier alpha value is -1.89. The maximum Gasteiger partial charge on any atom is 0.375 e. The van der Waals surface area contributed by atoms with Crippen LogP contribution in [0.2, 0.25) is 0 Å². The van der Waals surface area contributed by atoms with Crippen LogP contribution in [0.5, 0.6) is 0 Å². The van der Waals surface area contributed by atoms with E-state index in [1.54, 1.807) is 12.1 Å². The summed E-state index contributed by atoms with van der Waals surface area (Å²) in [5.41, 5.74) is -2.25. The van der Waals surface area contributed by atoms with Crippen molar-refractivity contribution < 1.29 is 28.6 Å². The van der Waals surface area contributed by atoms with Crippen LogP contribution in [0.15, 0.2) is 46.6 Å². The standard InChI is InChI=1S/C28H32Cl2O6/c1-15-10-20-19-11-16(2)28(23(33)14-29,36-24(34)21-6-5-9-35-21)26(19,4)13-22(32)27(20,30)25(3)8-7-17(31)12-18(15)25/h5-9,12,15-16,19-20,22,32H,10-11,13-14H2,1-4H3/t15-,16+,19-,20?,22-,25-,26-,27-,28-/m0/s1. The van der Waals surface area contributed by atoms with Crippen LogP contribution in [0.25, 0.3) is 0 Å². The first-order valence-corrected chi connectivity index (χ1v) is 13.5. The fourth-order valence-electron chi connectivity index (χ4n) is 8.48. The fourth-order valence-corrected chi connectivity index (χ4v) is 9.17. The number of fused-ring (bicyclic) bond motifs is 5. The molecule has 0 amide bonds. The van der Waals surface area contributed by atoms with Crippen LogP contribution in [0.3, 0.4) is 0 Å². The van der Waals surface area contributed by atoms with Gasteiger partial charge in [0.25, 0.3) is 0 Å². The van der Waals surface area contributed by atoms with E-state index >= 15 is 0 Å². The molecule has 1 heterocycles. The normalized spacial score (nSPS) is 45.4. The van der Waals surface area contributed by atoms with Crippen LogP contribution < -0.4 is 0 Å². The smallest absolute Gasteiger partial charge is 0.375 e. The number of aliphatic hydroxyl groups is 1. The van der Waals surface area contributed by atoms with Crippen molar-refractivity contribution in [2.75, 3.05) is 5.88 Å². The van der Waals surface area contributed by atoms with E-state index in [1.165, 1.54) is 18.4 Å². The van der Waals surface area contributed by atoms with Crippen molar-refractivity contribution in [1.29, 1.82) is 0 Å². The summed E-state index contributed by atoms with van der Waals surface area (Å²) in [6.45, 7) is 7.91. The van der Waals surface area contributed by atoms with Gasteiger partial charge in [0, 0.05) is 16.7 Å². The molecule has 3 saturated carbocycles. The first-order chi connectivity index (χ1) is 16.9. The molecule has 1 N–H and O–H groups in total. The van der Waals surface area contributed by atoms with E-state index in [0.29, 0.717) is 12.8 Å². The van der Waals surface area contributed by atoms with Crippen LogP contribution in [-0.2, 0) is 14.3 Å². The van der Waals surface area contributed by atoms with Gasteiger partial charge in [0.1, 0.15) is 0 Å². The van der Waals surface area contributed by atoms with Crippen molar-refractivity contribution in [3.05, 3.63) is 48.0 Å². The fraction of sp³-hybridized carbons (Fsp3) is 0.607. The molecule has 0 bridgehead atoms. The highest BCUT2D eigenvalue weighted by atomic mass is 35.5. The Morgan fingerprint density at radius 2 is 1.94 bits per heavy atom. The second-order valence-corrected chi connectivity index (χ2v) is 12.5. The molecule has 1 unspecified atom stereocenters. The maximum atomic E-state index is 13.6. The molecule has 4 aliphatic rings. The highest BCUT2D eigenvalue weighted by molar-refractivity contribution is 6.29. The molecule has 5 rings (SSSR count). The number of ketones is 2. The molecule has 8 heteroatoms. The summed E-state index contributed by atoms with van der Waals surface area (Å²) in [5, 5.41) is 11.8. The largest absolute Gasteiger partial charge is 0.457 e. The summed E-state index contributed by atoms with van der Waals surface area (Å²) in [7, 11) is 0. The van der Waals surface area contributed by atoms with Gasteiger partial charge in [0.2, 0.25) is 5.76 Å². The zero-order chi connectivity index (χ0) is 26.3. The predicted octanol–water partition coefficient (Wildman–Crippen LogP) is 5.12. The van der Waals surface area contributed by atoms with E-state index in [1.807, 2.05) is 26.8 Å². The minimum absolute atomic E-state index is 0.00429. The lowest BCUT2D eigenvalue weighted by molar-refractivity contribution is -0.178. The number of aliphatic hydroxyl groups excluding tert-OH is 1. The van der Waals surface area contributed by atoms with Gasteiger partial charge in [-0.05, 0) is 61.3 Å². The quantitative estimate of drug-likeness (QED) is 0.425. The number of Topliss-reactive ketones (excluding diaryl/α,β-unsaturated/α-hetero) is 1. The van der Waals surface area contributed by atoms with E-state index in [9.17, 15) is 19.5 Å². The number of carbonyl (C=O) groups is 3. The molecular formula is C28H32Cl2O6. The number of ether oxygens (including phenoxy) is 1. The Balaban J connectivity index is 1.64. The number of hydrogen-bond acceptors (Lipinski definition) is 6. The van der Waals surface area contributed by atoms with E-state index in [4.69, 9.17) is 32.4 Å². The summed E-state index contributed by atoms with van der Waals surface area (Å²) in [5.74, 6) is -2.13. The van der Waals surface area contributed by atoms with E-state index in [2.05, 4.69) is 6.92 Å². The first-order valence-electron chi connectivity index (χ1n) is 12.5. The minimum atomic E-state index is -1.54. The molecule has 9 atom stereocenters. The van der Waals surface area contributed by atoms with E-state index in [0.717, 1.165) is 5.57 Å². The summed E-state index contributed by atoms with van der Waals surface area (Å²) in [6, 6.07) is 3.08. The van der Waals surface area contributed by atoms with Gasteiger partial charge < -0.3 is 14.3 Å². The first kappa shape index (κ1) is 25.7. The topological polar surface area (TPSA) is 93.8 Å². The van der Waals surface area contributed by atoms with Crippen LogP contribution in [0.1, 0.15) is 57.5 Å². The molecule has 36 heavy (non-hydrogen) atoms. The van der Waals surface area contributed by atoms with Gasteiger partial charge in [-0.2, -0.15) is 0 Å². The average Bonchev–Trinajstić information content (AvgIpc) is 3.44. The molecule has 0 spiro atoms. The average molecular weight is 535 g/mol. The summed E-state index contributed by atoms with van der Waals surface area (Å²) < 4.78 is 11.4. The second kappa shape index (κ2) is 8.31. The second-order valence-electron chi connectivity index (χ2n) is 11.6. The monoisotopic (exact) mass is 534 g/mol. The predicted molar refractivity (Wildman–Crippen MR) is 135 cm³/mol. The molecule has 0 aliphatic heterocycles. The third kappa shape index (κ3) is 3.04. The van der Waals surface area contributed by atoms with Gasteiger partial charge in [-0.3, -0.25) is 9.59 Å². The van der Waals surface area contributed by atoms with E-state index < -0.39 is 33.4 Å². The van der Waals surface area contributed by atoms with Gasteiger partial charge in [-0.25, -0.2) is 4.79 Å². The van der Waals surface area contributed by atoms with Crippen molar-refractivity contribution in [3.8, 4) is 0 Å². The Morgan fingerprint density at radius 3 is 2.58 bits per heavy atom. The van der Waals surface area contributed by atoms with Gasteiger partial charge >= 0.3 is 5.97 Å². The van der Waals surface area contributed by atoms with Crippen molar-refractivity contribution in [2.45, 2.75) is 63.5 Å².